The van der Waals surface area contributed by atoms with Gasteiger partial charge in [0.05, 0.1) is 12.2 Å². The van der Waals surface area contributed by atoms with Crippen LogP contribution in [0.25, 0.3) is 0 Å². The molecule has 0 radical (unpaired) electrons. The van der Waals surface area contributed by atoms with Crippen molar-refractivity contribution in [1.29, 1.82) is 0 Å². The third-order valence-corrected chi connectivity index (χ3v) is 7.21. The summed E-state index contributed by atoms with van der Waals surface area (Å²) in [5.41, 5.74) is -0.264. The number of ether oxygens (including phenoxy) is 4. The van der Waals surface area contributed by atoms with E-state index in [9.17, 15) is 61.0 Å². The quantitative estimate of drug-likeness (QED) is 0.125. The lowest BCUT2D eigenvalue weighted by molar-refractivity contribution is -0.277. The van der Waals surface area contributed by atoms with Crippen LogP contribution in [0.1, 0.15) is 27.6 Å². The molecule has 16 heteroatoms. The van der Waals surface area contributed by atoms with E-state index in [0.29, 0.717) is 0 Å². The van der Waals surface area contributed by atoms with Crippen molar-refractivity contribution in [2.45, 2.75) is 49.3 Å². The van der Waals surface area contributed by atoms with Crippen LogP contribution in [0.5, 0.6) is 51.7 Å². The van der Waals surface area contributed by atoms with E-state index in [2.05, 4.69) is 0 Å². The number of benzene rings is 3. The van der Waals surface area contributed by atoms with Gasteiger partial charge in [0.15, 0.2) is 34.9 Å². The van der Waals surface area contributed by atoms with Crippen molar-refractivity contribution in [3.63, 3.8) is 0 Å². The second kappa shape index (κ2) is 11.7. The molecule has 3 aromatic rings. The summed E-state index contributed by atoms with van der Waals surface area (Å²) in [5, 5.41) is 111. The zero-order valence-corrected chi connectivity index (χ0v) is 22.4. The molecule has 7 atom stereocenters. The van der Waals surface area contributed by atoms with E-state index in [-0.39, 0.29) is 34.6 Å². The Labute approximate surface area is 247 Å². The summed E-state index contributed by atoms with van der Waals surface area (Å²) in [6, 6.07) is 5.95. The van der Waals surface area contributed by atoms with Crippen molar-refractivity contribution in [2.75, 3.05) is 6.61 Å². The van der Waals surface area contributed by atoms with Crippen LogP contribution in [-0.2, 0) is 15.9 Å². The number of hydrogen-bond acceptors (Lipinski definition) is 16. The molecule has 2 unspecified atom stereocenters. The fourth-order valence-corrected chi connectivity index (χ4v) is 4.95. The summed E-state index contributed by atoms with van der Waals surface area (Å²) in [6.07, 6.45) is -11.3. The van der Waals surface area contributed by atoms with Gasteiger partial charge in [0.2, 0.25) is 12.0 Å². The van der Waals surface area contributed by atoms with E-state index in [0.717, 1.165) is 30.3 Å². The van der Waals surface area contributed by atoms with Gasteiger partial charge in [0, 0.05) is 29.7 Å². The van der Waals surface area contributed by atoms with Gasteiger partial charge in [-0.3, -0.25) is 0 Å². The number of aliphatic hydroxyl groups is 4. The number of fused-ring (bicyclic) bond motifs is 1. The molecule has 1 fully saturated rings. The third kappa shape index (κ3) is 5.59. The number of aromatic hydroxyl groups is 7. The molecule has 2 heterocycles. The minimum atomic E-state index is -1.85. The predicted octanol–water partition coefficient (Wildman–Crippen LogP) is -0.294. The number of phenols is 7. The van der Waals surface area contributed by atoms with Crippen molar-refractivity contribution in [3.05, 3.63) is 53.1 Å². The minimum absolute atomic E-state index is 0.0242. The molecule has 236 valence electrons. The first kappa shape index (κ1) is 30.6. The lowest BCUT2D eigenvalue weighted by atomic mass is 9.93. The molecule has 5 rings (SSSR count). The van der Waals surface area contributed by atoms with Crippen molar-refractivity contribution in [1.82, 2.24) is 0 Å². The second-order valence-corrected chi connectivity index (χ2v) is 10.2. The van der Waals surface area contributed by atoms with Gasteiger partial charge in [-0.15, -0.1) is 0 Å². The first-order valence-electron chi connectivity index (χ1n) is 13.0. The maximum Gasteiger partial charge on any atom is 0.338 e. The Morgan fingerprint density at radius 1 is 0.795 bits per heavy atom. The molecule has 0 aliphatic carbocycles. The van der Waals surface area contributed by atoms with Crippen molar-refractivity contribution in [3.8, 4) is 51.7 Å². The van der Waals surface area contributed by atoms with E-state index in [1.165, 1.54) is 6.07 Å². The highest BCUT2D eigenvalue weighted by molar-refractivity contribution is 5.91. The molecule has 2 aliphatic heterocycles. The van der Waals surface area contributed by atoms with Crippen LogP contribution in [0.4, 0.5) is 0 Å². The second-order valence-electron chi connectivity index (χ2n) is 10.2. The highest BCUT2D eigenvalue weighted by Gasteiger charge is 2.45. The van der Waals surface area contributed by atoms with Crippen LogP contribution in [0, 0.1) is 0 Å². The van der Waals surface area contributed by atoms with Gasteiger partial charge in [-0.25, -0.2) is 4.79 Å². The Kier molecular flexibility index (Phi) is 8.11. The Morgan fingerprint density at radius 3 is 2.05 bits per heavy atom. The lowest BCUT2D eigenvalue weighted by Crippen LogP contribution is -2.60. The van der Waals surface area contributed by atoms with E-state index in [4.69, 9.17) is 18.9 Å². The van der Waals surface area contributed by atoms with E-state index in [1.54, 1.807) is 0 Å². The molecule has 0 spiro atoms. The first-order chi connectivity index (χ1) is 20.8. The van der Waals surface area contributed by atoms with Crippen LogP contribution in [-0.4, -0.2) is 106 Å². The molecule has 0 amide bonds. The summed E-state index contributed by atoms with van der Waals surface area (Å²) in [6.45, 7) is -0.753. The van der Waals surface area contributed by atoms with Gasteiger partial charge in [-0.1, -0.05) is 0 Å². The highest BCUT2D eigenvalue weighted by atomic mass is 16.7. The molecular weight excluding hydrogens is 592 g/mol. The number of rotatable bonds is 6. The van der Waals surface area contributed by atoms with E-state index < -0.39 is 95.7 Å². The van der Waals surface area contributed by atoms with Crippen LogP contribution in [0.2, 0.25) is 0 Å². The fourth-order valence-electron chi connectivity index (χ4n) is 4.95. The number of esters is 1. The molecule has 16 nitrogen and oxygen atoms in total. The van der Waals surface area contributed by atoms with Crippen LogP contribution in [0.15, 0.2) is 36.4 Å². The van der Waals surface area contributed by atoms with Gasteiger partial charge < -0.3 is 75.1 Å². The SMILES string of the molecule is O=C(OC1Cc2c(O)cc(O)cc2OC1c1cc(O)c(O[C@H]2O[C@H](CO)[C@@H](O)[C@H](O)[C@H]2O)c(O)c1)c1cc(O)c(O)c(O)c1. The zero-order valence-electron chi connectivity index (χ0n) is 22.4. The van der Waals surface area contributed by atoms with E-state index >= 15 is 0 Å². The molecule has 3 aromatic carbocycles. The van der Waals surface area contributed by atoms with Crippen molar-refractivity contribution >= 4 is 5.97 Å². The molecule has 2 aliphatic rings. The third-order valence-electron chi connectivity index (χ3n) is 7.21. The largest absolute Gasteiger partial charge is 0.508 e. The molecule has 44 heavy (non-hydrogen) atoms. The van der Waals surface area contributed by atoms with Gasteiger partial charge in [0.1, 0.15) is 47.8 Å². The van der Waals surface area contributed by atoms with Gasteiger partial charge in [-0.05, 0) is 24.3 Å². The average molecular weight is 621 g/mol. The number of carbonyl (C=O) groups excluding carboxylic acids is 1. The van der Waals surface area contributed by atoms with Crippen LogP contribution in [0.3, 0.4) is 0 Å². The standard InChI is InChI=1S/C28H28O16/c29-8-20-22(37)23(38)24(39)28(43-20)44-26-16(34)1-9(2-17(26)35)25-19(7-12-13(31)5-11(30)6-18(12)41-25)42-27(40)10-3-14(32)21(36)15(33)4-10/h1-6,19-20,22-25,28-39H,7-8H2/t19?,20-,22-,23+,24-,25?,28-/m1/s1. The smallest absolute Gasteiger partial charge is 0.338 e. The Balaban J connectivity index is 1.47. The number of hydrogen-bond donors (Lipinski definition) is 11. The fraction of sp³-hybridized carbons (Fsp3) is 0.321. The predicted molar refractivity (Wildman–Crippen MR) is 142 cm³/mol. The summed E-state index contributed by atoms with van der Waals surface area (Å²) in [5.74, 6) is -6.50. The maximum absolute atomic E-state index is 13.0. The molecule has 11 N–H and O–H groups in total. The van der Waals surface area contributed by atoms with Gasteiger partial charge in [-0.2, -0.15) is 0 Å². The summed E-state index contributed by atoms with van der Waals surface area (Å²) >= 11 is 0. The normalized spacial score (nSPS) is 26.3. The maximum atomic E-state index is 13.0. The van der Waals surface area contributed by atoms with E-state index in [1.807, 2.05) is 0 Å². The van der Waals surface area contributed by atoms with Gasteiger partial charge >= 0.3 is 5.97 Å². The summed E-state index contributed by atoms with van der Waals surface area (Å²) in [4.78, 5) is 13.0. The molecule has 0 saturated carbocycles. The molecule has 1 saturated heterocycles. The zero-order chi connectivity index (χ0) is 32.0. The molecular formula is C28H28O16. The molecule has 0 aromatic heterocycles. The van der Waals surface area contributed by atoms with Crippen molar-refractivity contribution < 1.29 is 79.9 Å². The van der Waals surface area contributed by atoms with Crippen LogP contribution < -0.4 is 9.47 Å². The molecule has 0 bridgehead atoms. The Hall–Kier alpha value is -4.87. The highest BCUT2D eigenvalue weighted by Crippen LogP contribution is 2.47. The van der Waals surface area contributed by atoms with Crippen molar-refractivity contribution in [2.24, 2.45) is 0 Å². The topological polar surface area (TPSA) is 277 Å². The summed E-state index contributed by atoms with van der Waals surface area (Å²) in [7, 11) is 0. The Bertz CT molecular complexity index is 1530. The minimum Gasteiger partial charge on any atom is -0.508 e. The monoisotopic (exact) mass is 620 g/mol. The average Bonchev–Trinajstić information content (AvgIpc) is 2.97. The number of phenolic OH excluding ortho intramolecular Hbond substituents is 7. The summed E-state index contributed by atoms with van der Waals surface area (Å²) < 4.78 is 22.1. The lowest BCUT2D eigenvalue weighted by Gasteiger charge is -2.39. The number of carbonyl (C=O) groups is 1. The Morgan fingerprint density at radius 2 is 1.43 bits per heavy atom. The van der Waals surface area contributed by atoms with Gasteiger partial charge in [0.25, 0.3) is 0 Å². The first-order valence-corrected chi connectivity index (χ1v) is 13.0. The number of aliphatic hydroxyl groups excluding tert-OH is 4. The van der Waals surface area contributed by atoms with Crippen LogP contribution >= 0.6 is 0 Å².